The Balaban J connectivity index is 1.59. The van der Waals surface area contributed by atoms with Crippen molar-refractivity contribution in [3.8, 4) is 22.5 Å². The van der Waals surface area contributed by atoms with Crippen molar-refractivity contribution in [2.75, 3.05) is 6.54 Å². The molecule has 0 aliphatic carbocycles. The first-order valence-electron chi connectivity index (χ1n) is 12.6. The fourth-order valence-electron chi connectivity index (χ4n) is 4.26. The lowest BCUT2D eigenvalue weighted by Gasteiger charge is -2.16. The van der Waals surface area contributed by atoms with Crippen LogP contribution in [0.3, 0.4) is 0 Å². The van der Waals surface area contributed by atoms with Gasteiger partial charge in [0.15, 0.2) is 5.82 Å². The van der Waals surface area contributed by atoms with Crippen molar-refractivity contribution in [3.63, 3.8) is 0 Å². The number of nitrogens with one attached hydrogen (secondary N) is 2. The van der Waals surface area contributed by atoms with E-state index in [2.05, 4.69) is 76.2 Å². The first-order chi connectivity index (χ1) is 17.2. The highest BCUT2D eigenvalue weighted by atomic mass is 16.1. The first-order valence-corrected chi connectivity index (χ1v) is 12.6. The second kappa shape index (κ2) is 12.2. The number of pyridine rings is 1. The largest absolute Gasteiger partial charge is 0.312 e. The molecule has 2 aromatic heterocycles. The number of aromatic nitrogens is 5. The Kier molecular flexibility index (Phi) is 8.57. The van der Waals surface area contributed by atoms with Gasteiger partial charge in [-0.15, -0.1) is 5.10 Å². The van der Waals surface area contributed by atoms with Gasteiger partial charge in [-0.05, 0) is 59.0 Å². The van der Waals surface area contributed by atoms with Gasteiger partial charge < -0.3 is 9.88 Å². The third kappa shape index (κ3) is 6.11. The minimum atomic E-state index is 0.106. The van der Waals surface area contributed by atoms with Crippen LogP contribution >= 0.6 is 0 Å². The van der Waals surface area contributed by atoms with Crippen LogP contribution in [0.2, 0.25) is 0 Å². The van der Waals surface area contributed by atoms with E-state index >= 15 is 0 Å². The molecule has 35 heavy (non-hydrogen) atoms. The number of aromatic amines is 1. The number of benzene rings is 2. The Bertz CT molecular complexity index is 1260. The van der Waals surface area contributed by atoms with Gasteiger partial charge in [0.2, 0.25) is 0 Å². The molecule has 0 aliphatic heterocycles. The van der Waals surface area contributed by atoms with Crippen LogP contribution in [0.1, 0.15) is 56.4 Å². The van der Waals surface area contributed by atoms with Crippen molar-refractivity contribution in [2.24, 2.45) is 0 Å². The van der Waals surface area contributed by atoms with Crippen molar-refractivity contribution in [1.82, 2.24) is 30.5 Å². The van der Waals surface area contributed by atoms with Crippen LogP contribution < -0.4 is 10.9 Å². The van der Waals surface area contributed by atoms with Crippen molar-refractivity contribution in [1.29, 1.82) is 0 Å². The van der Waals surface area contributed by atoms with E-state index in [1.54, 1.807) is 0 Å². The molecule has 2 heterocycles. The summed E-state index contributed by atoms with van der Waals surface area (Å²) in [6.07, 6.45) is 5.34. The summed E-state index contributed by atoms with van der Waals surface area (Å²) in [5, 5.41) is 17.7. The zero-order valence-corrected chi connectivity index (χ0v) is 20.6. The zero-order chi connectivity index (χ0) is 24.5. The van der Waals surface area contributed by atoms with E-state index < -0.39 is 0 Å². The van der Waals surface area contributed by atoms with Crippen LogP contribution in [0, 0.1) is 0 Å². The molecule has 0 saturated carbocycles. The molecule has 4 aromatic rings. The Morgan fingerprint density at radius 2 is 1.69 bits per heavy atom. The molecule has 4 rings (SSSR count). The lowest BCUT2D eigenvalue weighted by atomic mass is 9.98. The van der Waals surface area contributed by atoms with Crippen molar-refractivity contribution in [2.45, 2.75) is 59.0 Å². The van der Waals surface area contributed by atoms with E-state index in [0.29, 0.717) is 18.9 Å². The fourth-order valence-corrected chi connectivity index (χ4v) is 4.26. The Morgan fingerprint density at radius 1 is 0.914 bits per heavy atom. The summed E-state index contributed by atoms with van der Waals surface area (Å²) in [7, 11) is 0. The van der Waals surface area contributed by atoms with Crippen LogP contribution in [0.15, 0.2) is 65.5 Å². The molecule has 2 N–H and O–H groups in total. The normalized spacial score (nSPS) is 11.1. The predicted molar refractivity (Wildman–Crippen MR) is 140 cm³/mol. The maximum atomic E-state index is 13.4. The quantitative estimate of drug-likeness (QED) is 0.285. The maximum absolute atomic E-state index is 13.4. The number of hydrogen-bond acceptors (Lipinski definition) is 5. The van der Waals surface area contributed by atoms with E-state index in [9.17, 15) is 4.79 Å². The van der Waals surface area contributed by atoms with Crippen molar-refractivity contribution in [3.05, 3.63) is 87.8 Å². The SMILES string of the molecule is CCCCNCc1ccc(CCCC)n(Cc2ccc(-c3ccccc3-c3nnn[nH]3)cc2)c1=O. The molecule has 0 bridgehead atoms. The van der Waals surface area contributed by atoms with Crippen molar-refractivity contribution < 1.29 is 0 Å². The van der Waals surface area contributed by atoms with E-state index in [1.165, 1.54) is 0 Å². The average Bonchev–Trinajstić information content (AvgIpc) is 3.43. The zero-order valence-electron chi connectivity index (χ0n) is 20.6. The predicted octanol–water partition coefficient (Wildman–Crippen LogP) is 4.98. The number of H-pyrrole nitrogens is 1. The van der Waals surface area contributed by atoms with Gasteiger partial charge in [0, 0.05) is 23.4 Å². The summed E-state index contributed by atoms with van der Waals surface area (Å²) in [5.74, 6) is 0.640. The number of hydrogen-bond donors (Lipinski definition) is 2. The summed E-state index contributed by atoms with van der Waals surface area (Å²) in [6.45, 7) is 6.46. The highest BCUT2D eigenvalue weighted by Crippen LogP contribution is 2.29. The summed E-state index contributed by atoms with van der Waals surface area (Å²) in [4.78, 5) is 13.4. The van der Waals surface area contributed by atoms with Gasteiger partial charge in [0.25, 0.3) is 5.56 Å². The molecule has 0 atom stereocenters. The monoisotopic (exact) mass is 470 g/mol. The average molecular weight is 471 g/mol. The van der Waals surface area contributed by atoms with E-state index in [4.69, 9.17) is 0 Å². The summed E-state index contributed by atoms with van der Waals surface area (Å²) < 4.78 is 1.95. The van der Waals surface area contributed by atoms with Gasteiger partial charge in [0.05, 0.1) is 6.54 Å². The highest BCUT2D eigenvalue weighted by molar-refractivity contribution is 5.80. The van der Waals surface area contributed by atoms with Crippen LogP contribution in [0.4, 0.5) is 0 Å². The third-order valence-corrected chi connectivity index (χ3v) is 6.29. The summed E-state index contributed by atoms with van der Waals surface area (Å²) in [5.41, 5.74) is 6.21. The van der Waals surface area contributed by atoms with Gasteiger partial charge in [-0.2, -0.15) is 0 Å². The van der Waals surface area contributed by atoms with Crippen LogP contribution in [0.25, 0.3) is 22.5 Å². The maximum Gasteiger partial charge on any atom is 0.255 e. The van der Waals surface area contributed by atoms with E-state index in [0.717, 1.165) is 72.2 Å². The second-order valence-corrected chi connectivity index (χ2v) is 8.87. The Morgan fingerprint density at radius 3 is 2.40 bits per heavy atom. The Labute approximate surface area is 206 Å². The molecule has 0 fully saturated rings. The van der Waals surface area contributed by atoms with Gasteiger partial charge in [-0.1, -0.05) is 81.3 Å². The molecule has 0 amide bonds. The molecule has 0 saturated heterocycles. The van der Waals surface area contributed by atoms with Crippen LogP contribution in [-0.4, -0.2) is 31.7 Å². The topological polar surface area (TPSA) is 88.5 Å². The van der Waals surface area contributed by atoms with Gasteiger partial charge in [-0.3, -0.25) is 4.79 Å². The molecule has 7 heteroatoms. The molecule has 0 unspecified atom stereocenters. The minimum Gasteiger partial charge on any atom is -0.312 e. The molecule has 7 nitrogen and oxygen atoms in total. The van der Waals surface area contributed by atoms with Gasteiger partial charge in [0.1, 0.15) is 0 Å². The number of unbranched alkanes of at least 4 members (excludes halogenated alkanes) is 2. The van der Waals surface area contributed by atoms with Crippen LogP contribution in [0.5, 0.6) is 0 Å². The van der Waals surface area contributed by atoms with E-state index in [-0.39, 0.29) is 5.56 Å². The molecule has 0 spiro atoms. The number of tetrazole rings is 1. The number of aryl methyl sites for hydroxylation is 1. The standard InChI is InChI=1S/C28H34N6O/c1-3-5-9-24-17-16-23(19-29-18-6-4-2)28(35)34(24)20-21-12-14-22(15-13-21)25-10-7-8-11-26(25)27-30-32-33-31-27/h7-8,10-17,29H,3-6,9,18-20H2,1-2H3,(H,30,31,32,33). The smallest absolute Gasteiger partial charge is 0.255 e. The third-order valence-electron chi connectivity index (χ3n) is 6.29. The number of nitrogens with zero attached hydrogens (tertiary/aromatic N) is 4. The lowest BCUT2D eigenvalue weighted by Crippen LogP contribution is -2.30. The van der Waals surface area contributed by atoms with E-state index in [1.807, 2.05) is 28.8 Å². The van der Waals surface area contributed by atoms with Gasteiger partial charge in [-0.25, -0.2) is 5.10 Å². The minimum absolute atomic E-state index is 0.106. The van der Waals surface area contributed by atoms with Crippen LogP contribution in [-0.2, 0) is 19.5 Å². The highest BCUT2D eigenvalue weighted by Gasteiger charge is 2.12. The second-order valence-electron chi connectivity index (χ2n) is 8.87. The summed E-state index contributed by atoms with van der Waals surface area (Å²) >= 11 is 0. The molecule has 2 aromatic carbocycles. The molecular formula is C28H34N6O. The van der Waals surface area contributed by atoms with Crippen molar-refractivity contribution >= 4 is 0 Å². The summed E-state index contributed by atoms with van der Waals surface area (Å²) in [6, 6.07) is 20.6. The van der Waals surface area contributed by atoms with Gasteiger partial charge >= 0.3 is 0 Å². The first kappa shape index (κ1) is 24.5. The fraction of sp³-hybridized carbons (Fsp3) is 0.357. The number of rotatable bonds is 12. The molecule has 0 aliphatic rings. The molecule has 0 radical (unpaired) electrons. The molecule has 182 valence electrons. The Hall–Kier alpha value is -3.58. The molecular weight excluding hydrogens is 436 g/mol. The lowest BCUT2D eigenvalue weighted by molar-refractivity contribution is 0.618.